The van der Waals surface area contributed by atoms with E-state index in [1.54, 1.807) is 0 Å². The van der Waals surface area contributed by atoms with Gasteiger partial charge < -0.3 is 15.2 Å². The average molecular weight is 285 g/mol. The second-order valence-corrected chi connectivity index (χ2v) is 5.85. The second-order valence-electron chi connectivity index (χ2n) is 5.85. The van der Waals surface area contributed by atoms with Crippen LogP contribution >= 0.6 is 0 Å². The molecule has 1 unspecified atom stereocenters. The van der Waals surface area contributed by atoms with Crippen molar-refractivity contribution >= 4 is 16.8 Å². The lowest BCUT2D eigenvalue weighted by Crippen LogP contribution is -2.46. The van der Waals surface area contributed by atoms with E-state index in [9.17, 15) is 4.79 Å². The third-order valence-corrected chi connectivity index (χ3v) is 4.31. The third-order valence-electron chi connectivity index (χ3n) is 4.31. The molecule has 1 aliphatic rings. The number of nitrogens with zero attached hydrogens (tertiary/aromatic N) is 1. The summed E-state index contributed by atoms with van der Waals surface area (Å²) >= 11 is 0. The fraction of sp³-hybridized carbons (Fsp3) is 0.471. The predicted molar refractivity (Wildman–Crippen MR) is 85.0 cm³/mol. The highest BCUT2D eigenvalue weighted by molar-refractivity contribution is 5.83. The van der Waals surface area contributed by atoms with Crippen molar-refractivity contribution in [2.45, 2.75) is 38.8 Å². The van der Waals surface area contributed by atoms with Crippen LogP contribution in [0.4, 0.5) is 0 Å². The highest BCUT2D eigenvalue weighted by Gasteiger charge is 2.21. The molecule has 1 aliphatic heterocycles. The molecule has 0 aliphatic carbocycles. The van der Waals surface area contributed by atoms with Crippen molar-refractivity contribution in [3.63, 3.8) is 0 Å². The van der Waals surface area contributed by atoms with Gasteiger partial charge in [0.25, 0.3) is 0 Å². The van der Waals surface area contributed by atoms with Crippen LogP contribution in [0, 0.1) is 0 Å². The summed E-state index contributed by atoms with van der Waals surface area (Å²) in [6.45, 7) is 4.51. The normalized spacial score (nSPS) is 17.1. The smallest absolute Gasteiger partial charge is 0.239 e. The summed E-state index contributed by atoms with van der Waals surface area (Å²) in [6.07, 6.45) is 5.55. The average Bonchev–Trinajstić information content (AvgIpc) is 2.96. The number of aromatic nitrogens is 1. The molecule has 2 aromatic rings. The van der Waals surface area contributed by atoms with Crippen LogP contribution in [0.25, 0.3) is 10.9 Å². The maximum atomic E-state index is 12.4. The molecule has 1 aromatic carbocycles. The van der Waals surface area contributed by atoms with Gasteiger partial charge in [0.15, 0.2) is 0 Å². The van der Waals surface area contributed by atoms with Crippen molar-refractivity contribution in [2.75, 3.05) is 13.1 Å². The molecule has 0 saturated carbocycles. The van der Waals surface area contributed by atoms with Crippen molar-refractivity contribution in [3.05, 3.63) is 36.0 Å². The van der Waals surface area contributed by atoms with Crippen LogP contribution in [0.15, 0.2) is 30.5 Å². The topological polar surface area (TPSA) is 48.1 Å². The number of fused-ring (bicyclic) bond motifs is 1. The highest BCUT2D eigenvalue weighted by Crippen LogP contribution is 2.17. The van der Waals surface area contributed by atoms with E-state index in [1.807, 2.05) is 30.2 Å². The number of carbonyl (C=O) groups excluding carboxylic acids is 1. The van der Waals surface area contributed by atoms with E-state index < -0.39 is 0 Å². The van der Waals surface area contributed by atoms with Crippen LogP contribution in [0.1, 0.15) is 31.7 Å². The number of hydrogen-bond donors (Lipinski definition) is 2. The lowest BCUT2D eigenvalue weighted by molar-refractivity contribution is -0.133. The Kier molecular flexibility index (Phi) is 4.25. The van der Waals surface area contributed by atoms with Crippen LogP contribution in [0.3, 0.4) is 0 Å². The van der Waals surface area contributed by atoms with Gasteiger partial charge in [-0.3, -0.25) is 4.79 Å². The second kappa shape index (κ2) is 6.31. The Morgan fingerprint density at radius 2 is 2.05 bits per heavy atom. The first-order chi connectivity index (χ1) is 10.3. The SMILES string of the molecule is CC(NCc1c[nH]c2ccccc12)C(=O)N1CCCCC1. The summed E-state index contributed by atoms with van der Waals surface area (Å²) < 4.78 is 0. The number of rotatable bonds is 4. The van der Waals surface area contributed by atoms with Crippen LogP contribution < -0.4 is 5.32 Å². The quantitative estimate of drug-likeness (QED) is 0.907. The molecule has 21 heavy (non-hydrogen) atoms. The zero-order valence-electron chi connectivity index (χ0n) is 12.6. The van der Waals surface area contributed by atoms with Gasteiger partial charge in [-0.1, -0.05) is 18.2 Å². The molecular formula is C17H23N3O. The number of nitrogens with one attached hydrogen (secondary N) is 2. The number of likely N-dealkylation sites (tertiary alicyclic amines) is 1. The number of amides is 1. The number of H-pyrrole nitrogens is 1. The lowest BCUT2D eigenvalue weighted by Gasteiger charge is -2.29. The van der Waals surface area contributed by atoms with E-state index in [0.717, 1.165) is 31.4 Å². The van der Waals surface area contributed by atoms with Crippen molar-refractivity contribution in [3.8, 4) is 0 Å². The molecule has 4 nitrogen and oxygen atoms in total. The first kappa shape index (κ1) is 14.1. The van der Waals surface area contributed by atoms with Crippen molar-refractivity contribution < 1.29 is 4.79 Å². The molecule has 0 radical (unpaired) electrons. The molecule has 2 N–H and O–H groups in total. The summed E-state index contributed by atoms with van der Waals surface area (Å²) in [4.78, 5) is 17.6. The van der Waals surface area contributed by atoms with Gasteiger partial charge in [0, 0.05) is 36.7 Å². The molecule has 2 heterocycles. The largest absolute Gasteiger partial charge is 0.361 e. The van der Waals surface area contributed by atoms with Crippen LogP contribution in [-0.2, 0) is 11.3 Å². The molecule has 0 bridgehead atoms. The molecule has 1 fully saturated rings. The van der Waals surface area contributed by atoms with Gasteiger partial charge in [0.1, 0.15) is 0 Å². The Morgan fingerprint density at radius 3 is 2.86 bits per heavy atom. The van der Waals surface area contributed by atoms with Crippen molar-refractivity contribution in [2.24, 2.45) is 0 Å². The fourth-order valence-electron chi connectivity index (χ4n) is 3.02. The van der Waals surface area contributed by atoms with Crippen molar-refractivity contribution in [1.29, 1.82) is 0 Å². The van der Waals surface area contributed by atoms with Gasteiger partial charge in [-0.15, -0.1) is 0 Å². The van der Waals surface area contributed by atoms with Gasteiger partial charge in [-0.2, -0.15) is 0 Å². The van der Waals surface area contributed by atoms with E-state index in [2.05, 4.69) is 22.4 Å². The van der Waals surface area contributed by atoms with Crippen LogP contribution in [0.2, 0.25) is 0 Å². The van der Waals surface area contributed by atoms with E-state index >= 15 is 0 Å². The number of benzene rings is 1. The van der Waals surface area contributed by atoms with Crippen LogP contribution in [-0.4, -0.2) is 34.9 Å². The number of aromatic amines is 1. The molecule has 1 atom stereocenters. The van der Waals surface area contributed by atoms with Gasteiger partial charge in [-0.25, -0.2) is 0 Å². The van der Waals surface area contributed by atoms with Gasteiger partial charge in [0.05, 0.1) is 6.04 Å². The minimum absolute atomic E-state index is 0.128. The van der Waals surface area contributed by atoms with Crippen molar-refractivity contribution in [1.82, 2.24) is 15.2 Å². The standard InChI is InChI=1S/C17H23N3O/c1-13(17(21)20-9-5-2-6-10-20)18-11-14-12-19-16-8-4-3-7-15(14)16/h3-4,7-8,12-13,18-19H,2,5-6,9-11H2,1H3. The number of piperidine rings is 1. The molecule has 1 saturated heterocycles. The first-order valence-corrected chi connectivity index (χ1v) is 7.83. The predicted octanol–water partition coefficient (Wildman–Crippen LogP) is 2.66. The zero-order chi connectivity index (χ0) is 14.7. The Balaban J connectivity index is 1.60. The zero-order valence-corrected chi connectivity index (χ0v) is 12.6. The molecule has 1 aromatic heterocycles. The van der Waals surface area contributed by atoms with Gasteiger partial charge >= 0.3 is 0 Å². The molecular weight excluding hydrogens is 262 g/mol. The Bertz CT molecular complexity index is 613. The summed E-state index contributed by atoms with van der Waals surface area (Å²) in [7, 11) is 0. The monoisotopic (exact) mass is 285 g/mol. The third kappa shape index (κ3) is 3.10. The maximum absolute atomic E-state index is 12.4. The molecule has 1 amide bonds. The summed E-state index contributed by atoms with van der Waals surface area (Å²) in [5.41, 5.74) is 2.35. The maximum Gasteiger partial charge on any atom is 0.239 e. The minimum Gasteiger partial charge on any atom is -0.361 e. The lowest BCUT2D eigenvalue weighted by atomic mass is 10.1. The molecule has 112 valence electrons. The Labute approximate surface area is 125 Å². The number of para-hydroxylation sites is 1. The minimum atomic E-state index is -0.128. The Hall–Kier alpha value is -1.81. The number of carbonyl (C=O) groups is 1. The summed E-state index contributed by atoms with van der Waals surface area (Å²) in [5.74, 6) is 0.231. The molecule has 0 spiro atoms. The number of hydrogen-bond acceptors (Lipinski definition) is 2. The molecule has 4 heteroatoms. The summed E-state index contributed by atoms with van der Waals surface area (Å²) in [6, 6.07) is 8.12. The van der Waals surface area contributed by atoms with E-state index in [-0.39, 0.29) is 11.9 Å². The van der Waals surface area contributed by atoms with Gasteiger partial charge in [-0.05, 0) is 37.8 Å². The van der Waals surface area contributed by atoms with E-state index in [4.69, 9.17) is 0 Å². The van der Waals surface area contributed by atoms with E-state index in [1.165, 1.54) is 17.4 Å². The molecule has 3 rings (SSSR count). The van der Waals surface area contributed by atoms with E-state index in [0.29, 0.717) is 6.54 Å². The highest BCUT2D eigenvalue weighted by atomic mass is 16.2. The fourth-order valence-corrected chi connectivity index (χ4v) is 3.02. The Morgan fingerprint density at radius 1 is 1.29 bits per heavy atom. The first-order valence-electron chi connectivity index (χ1n) is 7.83. The summed E-state index contributed by atoms with van der Waals surface area (Å²) in [5, 5.41) is 4.59. The van der Waals surface area contributed by atoms with Gasteiger partial charge in [0.2, 0.25) is 5.91 Å². The van der Waals surface area contributed by atoms with Crippen LogP contribution in [0.5, 0.6) is 0 Å².